The molecule has 0 amide bonds. The van der Waals surface area contributed by atoms with Gasteiger partial charge in [-0.2, -0.15) is 0 Å². The van der Waals surface area contributed by atoms with Crippen LogP contribution in [0.3, 0.4) is 0 Å². The highest BCUT2D eigenvalue weighted by Crippen LogP contribution is 2.48. The summed E-state index contributed by atoms with van der Waals surface area (Å²) >= 11 is 0. The van der Waals surface area contributed by atoms with Crippen LogP contribution in [0, 0.1) is 0 Å². The smallest absolute Gasteiger partial charge is 0.302 e. The van der Waals surface area contributed by atoms with Gasteiger partial charge in [0, 0.05) is 23.5 Å². The van der Waals surface area contributed by atoms with Gasteiger partial charge in [-0.05, 0) is 28.3 Å². The number of Topliss-reactive ketones (excluding diaryl/α,β-unsaturated/α-hetero) is 1. The van der Waals surface area contributed by atoms with Crippen molar-refractivity contribution in [3.05, 3.63) is 71.3 Å². The van der Waals surface area contributed by atoms with Crippen LogP contribution in [0.4, 0.5) is 0 Å². The van der Waals surface area contributed by atoms with E-state index >= 15 is 0 Å². The molecule has 1 aliphatic carbocycles. The lowest BCUT2D eigenvalue weighted by Crippen LogP contribution is -2.16. The van der Waals surface area contributed by atoms with Gasteiger partial charge >= 0.3 is 5.97 Å². The standard InChI is InChI=1S/C21H20O3/c1-13(12-24-14(2)22)20(23)15-9-10-17-16-7-5-6-8-18(16)21(3,4)19(17)11-15/h5-11H,1,12H2,2-4H3. The zero-order valence-corrected chi connectivity index (χ0v) is 14.2. The number of rotatable bonds is 4. The molecule has 0 radical (unpaired) electrons. The molecule has 1 aliphatic rings. The van der Waals surface area contributed by atoms with E-state index in [1.165, 1.54) is 18.1 Å². The molecule has 0 aromatic heterocycles. The number of esters is 1. The number of fused-ring (bicyclic) bond motifs is 3. The van der Waals surface area contributed by atoms with E-state index in [1.54, 1.807) is 0 Å². The Hall–Kier alpha value is -2.68. The van der Waals surface area contributed by atoms with Crippen molar-refractivity contribution in [1.29, 1.82) is 0 Å². The first-order valence-corrected chi connectivity index (χ1v) is 7.92. The van der Waals surface area contributed by atoms with Crippen LogP contribution in [0.25, 0.3) is 11.1 Å². The van der Waals surface area contributed by atoms with Crippen molar-refractivity contribution in [2.75, 3.05) is 6.61 Å². The van der Waals surface area contributed by atoms with Crippen LogP contribution in [0.2, 0.25) is 0 Å². The van der Waals surface area contributed by atoms with E-state index in [-0.39, 0.29) is 23.4 Å². The summed E-state index contributed by atoms with van der Waals surface area (Å²) in [5.74, 6) is -0.611. The van der Waals surface area contributed by atoms with E-state index in [0.717, 1.165) is 11.1 Å². The summed E-state index contributed by atoms with van der Waals surface area (Å²) in [5.41, 5.74) is 5.48. The molecule has 0 heterocycles. The zero-order valence-electron chi connectivity index (χ0n) is 14.2. The summed E-state index contributed by atoms with van der Waals surface area (Å²) in [5, 5.41) is 0. The third-order valence-electron chi connectivity index (χ3n) is 4.62. The number of hydrogen-bond donors (Lipinski definition) is 0. The third-order valence-corrected chi connectivity index (χ3v) is 4.62. The first-order chi connectivity index (χ1) is 11.3. The van der Waals surface area contributed by atoms with Crippen LogP contribution in [-0.2, 0) is 14.9 Å². The molecule has 2 aromatic rings. The van der Waals surface area contributed by atoms with E-state index in [4.69, 9.17) is 4.74 Å². The molecule has 0 atom stereocenters. The lowest BCUT2D eigenvalue weighted by molar-refractivity contribution is -0.139. The summed E-state index contributed by atoms with van der Waals surface area (Å²) in [6.07, 6.45) is 0. The normalized spacial score (nSPS) is 13.8. The molecule has 0 saturated carbocycles. The van der Waals surface area contributed by atoms with Gasteiger partial charge in [-0.25, -0.2) is 0 Å². The molecule has 3 heteroatoms. The molecular weight excluding hydrogens is 300 g/mol. The Labute approximate surface area is 142 Å². The van der Waals surface area contributed by atoms with E-state index < -0.39 is 5.97 Å². The summed E-state index contributed by atoms with van der Waals surface area (Å²) < 4.78 is 4.87. The second-order valence-electron chi connectivity index (χ2n) is 6.64. The number of ketones is 1. The minimum absolute atomic E-state index is 0.0745. The van der Waals surface area contributed by atoms with Crippen LogP contribution in [-0.4, -0.2) is 18.4 Å². The SMILES string of the molecule is C=C(COC(C)=O)C(=O)c1ccc2c(c1)C(C)(C)c1ccccc1-2. The molecule has 0 saturated heterocycles. The maximum absolute atomic E-state index is 12.6. The molecule has 0 unspecified atom stereocenters. The average molecular weight is 320 g/mol. The molecular formula is C21H20O3. The summed E-state index contributed by atoms with van der Waals surface area (Å²) in [4.78, 5) is 23.4. The second kappa shape index (κ2) is 5.75. The quantitative estimate of drug-likeness (QED) is 0.479. The van der Waals surface area contributed by atoms with Gasteiger partial charge in [-0.15, -0.1) is 0 Å². The first kappa shape index (κ1) is 16.2. The zero-order chi connectivity index (χ0) is 17.5. The van der Waals surface area contributed by atoms with Crippen molar-refractivity contribution in [1.82, 2.24) is 0 Å². The van der Waals surface area contributed by atoms with Crippen LogP contribution in [0.1, 0.15) is 42.3 Å². The second-order valence-corrected chi connectivity index (χ2v) is 6.64. The van der Waals surface area contributed by atoms with E-state index in [9.17, 15) is 9.59 Å². The Balaban J connectivity index is 1.96. The third kappa shape index (κ3) is 2.56. The topological polar surface area (TPSA) is 43.4 Å². The van der Waals surface area contributed by atoms with Crippen LogP contribution < -0.4 is 0 Å². The Morgan fingerprint density at radius 1 is 1.04 bits per heavy atom. The fourth-order valence-electron chi connectivity index (χ4n) is 3.30. The maximum atomic E-state index is 12.6. The molecule has 122 valence electrons. The molecule has 24 heavy (non-hydrogen) atoms. The van der Waals surface area contributed by atoms with Crippen molar-refractivity contribution in [2.45, 2.75) is 26.2 Å². The predicted octanol–water partition coefficient (Wildman–Crippen LogP) is 4.29. The van der Waals surface area contributed by atoms with Crippen molar-refractivity contribution < 1.29 is 14.3 Å². The summed E-state index contributed by atoms with van der Waals surface area (Å²) in [7, 11) is 0. The highest BCUT2D eigenvalue weighted by atomic mass is 16.5. The summed E-state index contributed by atoms with van der Waals surface area (Å²) in [6.45, 7) is 9.32. The molecule has 0 spiro atoms. The van der Waals surface area contributed by atoms with E-state index in [0.29, 0.717) is 5.56 Å². The molecule has 0 aliphatic heterocycles. The fraction of sp³-hybridized carbons (Fsp3) is 0.238. The number of benzene rings is 2. The van der Waals surface area contributed by atoms with Crippen molar-refractivity contribution in [2.24, 2.45) is 0 Å². The van der Waals surface area contributed by atoms with Gasteiger partial charge in [0.15, 0.2) is 5.78 Å². The largest absolute Gasteiger partial charge is 0.461 e. The Kier molecular flexibility index (Phi) is 3.88. The van der Waals surface area contributed by atoms with Gasteiger partial charge in [0.05, 0.1) is 0 Å². The molecule has 0 fully saturated rings. The first-order valence-electron chi connectivity index (χ1n) is 7.92. The van der Waals surface area contributed by atoms with Gasteiger partial charge in [-0.1, -0.05) is 56.8 Å². The highest BCUT2D eigenvalue weighted by molar-refractivity contribution is 6.09. The minimum atomic E-state index is -0.422. The molecule has 2 aromatic carbocycles. The van der Waals surface area contributed by atoms with Gasteiger partial charge in [-0.3, -0.25) is 9.59 Å². The number of carbonyl (C=O) groups excluding carboxylic acids is 2. The van der Waals surface area contributed by atoms with E-state index in [2.05, 4.69) is 32.6 Å². The minimum Gasteiger partial charge on any atom is -0.461 e. The number of carbonyl (C=O) groups is 2. The van der Waals surface area contributed by atoms with Crippen molar-refractivity contribution >= 4 is 11.8 Å². The lowest BCUT2D eigenvalue weighted by atomic mass is 9.81. The van der Waals surface area contributed by atoms with E-state index in [1.807, 2.05) is 30.3 Å². The van der Waals surface area contributed by atoms with Crippen molar-refractivity contribution in [3.8, 4) is 11.1 Å². The van der Waals surface area contributed by atoms with Crippen LogP contribution >= 0.6 is 0 Å². The highest BCUT2D eigenvalue weighted by Gasteiger charge is 2.35. The predicted molar refractivity (Wildman–Crippen MR) is 94.1 cm³/mol. The Morgan fingerprint density at radius 3 is 2.42 bits per heavy atom. The van der Waals surface area contributed by atoms with Gasteiger partial charge in [0.25, 0.3) is 0 Å². The Morgan fingerprint density at radius 2 is 1.71 bits per heavy atom. The van der Waals surface area contributed by atoms with Crippen molar-refractivity contribution in [3.63, 3.8) is 0 Å². The molecule has 0 N–H and O–H groups in total. The average Bonchev–Trinajstić information content (AvgIpc) is 2.80. The van der Waals surface area contributed by atoms with Gasteiger partial charge in [0.1, 0.15) is 6.61 Å². The lowest BCUT2D eigenvalue weighted by Gasteiger charge is -2.21. The fourth-order valence-corrected chi connectivity index (χ4v) is 3.30. The summed E-state index contributed by atoms with van der Waals surface area (Å²) in [6, 6.07) is 14.1. The van der Waals surface area contributed by atoms with Gasteiger partial charge in [0.2, 0.25) is 0 Å². The maximum Gasteiger partial charge on any atom is 0.302 e. The number of ether oxygens (including phenoxy) is 1. The molecule has 3 rings (SSSR count). The van der Waals surface area contributed by atoms with Gasteiger partial charge < -0.3 is 4.74 Å². The Bertz CT molecular complexity index is 859. The molecule has 3 nitrogen and oxygen atoms in total. The monoisotopic (exact) mass is 320 g/mol. The molecule has 0 bridgehead atoms. The van der Waals surface area contributed by atoms with Crippen LogP contribution in [0.15, 0.2) is 54.6 Å². The van der Waals surface area contributed by atoms with Crippen LogP contribution in [0.5, 0.6) is 0 Å². The number of hydrogen-bond acceptors (Lipinski definition) is 3.